The summed E-state index contributed by atoms with van der Waals surface area (Å²) in [5.74, 6) is 0. The second-order valence-electron chi connectivity index (χ2n) is 4.35. The van der Waals surface area contributed by atoms with E-state index in [0.717, 1.165) is 43.5 Å². The topological polar surface area (TPSA) is 40.6 Å². The zero-order chi connectivity index (χ0) is 10.2. The number of rotatable bonds is 2. The molecule has 78 valence electrons. The molecule has 2 fully saturated rings. The van der Waals surface area contributed by atoms with E-state index in [1.54, 1.807) is 4.90 Å². The zero-order valence-electron chi connectivity index (χ0n) is 8.43. The van der Waals surface area contributed by atoms with Crippen LogP contribution in [0.25, 0.3) is 0 Å². The molecule has 2 unspecified atom stereocenters. The highest BCUT2D eigenvalue weighted by atomic mass is 16.1. The molecule has 2 heterocycles. The third kappa shape index (κ3) is 1.28. The summed E-state index contributed by atoms with van der Waals surface area (Å²) in [6.07, 6.45) is 1.96. The minimum atomic E-state index is 0.173. The lowest BCUT2D eigenvalue weighted by Gasteiger charge is -2.43. The Morgan fingerprint density at radius 2 is 1.93 bits per heavy atom. The van der Waals surface area contributed by atoms with Crippen LogP contribution >= 0.6 is 0 Å². The molecule has 0 aromatic carbocycles. The summed E-state index contributed by atoms with van der Waals surface area (Å²) >= 11 is 0. The molecule has 2 atom stereocenters. The first-order chi connectivity index (χ1) is 6.69. The molecule has 0 radical (unpaired) electrons. The molecule has 2 aliphatic heterocycles. The molecule has 0 bridgehead atoms. The Morgan fingerprint density at radius 1 is 1.21 bits per heavy atom. The van der Waals surface area contributed by atoms with Crippen molar-refractivity contribution in [1.29, 1.82) is 0 Å². The molecule has 2 aliphatic rings. The Hall–Kier alpha value is -1.10. The molecule has 0 spiro atoms. The second kappa shape index (κ2) is 3.24. The van der Waals surface area contributed by atoms with Gasteiger partial charge in [-0.15, -0.1) is 0 Å². The summed E-state index contributed by atoms with van der Waals surface area (Å²) in [5, 5.41) is 0. The van der Waals surface area contributed by atoms with Gasteiger partial charge in [0.1, 0.15) is 0 Å². The number of quaternary nitrogens is 1. The lowest BCUT2D eigenvalue weighted by molar-refractivity contribution is -0.929. The first-order valence-corrected chi connectivity index (χ1v) is 4.94. The third-order valence-electron chi connectivity index (χ3n) is 3.55. The molecule has 2 amide bonds. The van der Waals surface area contributed by atoms with Gasteiger partial charge in [-0.2, -0.15) is 0 Å². The fraction of sp³-hybridized carbons (Fsp3) is 0.778. The van der Waals surface area contributed by atoms with Crippen LogP contribution in [0, 0.1) is 0 Å². The molecular weight excluding hydrogens is 182 g/mol. The van der Waals surface area contributed by atoms with Gasteiger partial charge in [0.25, 0.3) is 0 Å². The van der Waals surface area contributed by atoms with Crippen molar-refractivity contribution in [2.45, 2.75) is 6.17 Å². The van der Waals surface area contributed by atoms with E-state index in [4.69, 9.17) is 0 Å². The summed E-state index contributed by atoms with van der Waals surface area (Å²) in [7, 11) is 2.16. The lowest BCUT2D eigenvalue weighted by Crippen LogP contribution is -2.63. The van der Waals surface area contributed by atoms with Crippen molar-refractivity contribution in [2.24, 2.45) is 0 Å². The van der Waals surface area contributed by atoms with Gasteiger partial charge in [0.2, 0.25) is 12.8 Å². The number of carbonyl (C=O) groups is 2. The van der Waals surface area contributed by atoms with Gasteiger partial charge >= 0.3 is 0 Å². The summed E-state index contributed by atoms with van der Waals surface area (Å²) in [6.45, 7) is 4.27. The van der Waals surface area contributed by atoms with Gasteiger partial charge in [-0.3, -0.25) is 14.5 Å². The number of hydrogen-bond acceptors (Lipinski definition) is 2. The number of hydrogen-bond donors (Lipinski definition) is 0. The fourth-order valence-corrected chi connectivity index (χ4v) is 2.44. The maximum Gasteiger partial charge on any atom is 0.214 e. The van der Waals surface area contributed by atoms with Crippen LogP contribution in [0.2, 0.25) is 0 Å². The maximum atomic E-state index is 10.8. The highest BCUT2D eigenvalue weighted by molar-refractivity contribution is 5.50. The number of nitrogens with zero attached hydrogens (tertiary/aromatic N) is 3. The van der Waals surface area contributed by atoms with Crippen LogP contribution in [-0.4, -0.2) is 73.0 Å². The minimum Gasteiger partial charge on any atom is -0.332 e. The first kappa shape index (κ1) is 9.45. The first-order valence-electron chi connectivity index (χ1n) is 4.94. The average Bonchev–Trinajstić information content (AvgIpc) is 2.53. The van der Waals surface area contributed by atoms with E-state index in [1.807, 2.05) is 4.90 Å². The molecule has 2 rings (SSSR count). The van der Waals surface area contributed by atoms with E-state index >= 15 is 0 Å². The zero-order valence-corrected chi connectivity index (χ0v) is 8.43. The van der Waals surface area contributed by atoms with Gasteiger partial charge in [0.15, 0.2) is 6.17 Å². The summed E-state index contributed by atoms with van der Waals surface area (Å²) < 4.78 is 0.906. The predicted molar refractivity (Wildman–Crippen MR) is 50.1 cm³/mol. The van der Waals surface area contributed by atoms with Gasteiger partial charge in [0, 0.05) is 0 Å². The van der Waals surface area contributed by atoms with Crippen molar-refractivity contribution in [1.82, 2.24) is 9.80 Å². The summed E-state index contributed by atoms with van der Waals surface area (Å²) in [5.41, 5.74) is 0. The van der Waals surface area contributed by atoms with Crippen LogP contribution in [0.5, 0.6) is 0 Å². The van der Waals surface area contributed by atoms with E-state index in [2.05, 4.69) is 7.05 Å². The number of fused-ring (bicyclic) bond motifs is 1. The fourth-order valence-electron chi connectivity index (χ4n) is 2.44. The molecule has 0 aromatic rings. The SMILES string of the molecule is C[N+]12CCN(C=O)CC1N(C=O)CC2. The van der Waals surface area contributed by atoms with Crippen LogP contribution < -0.4 is 0 Å². The molecule has 2 saturated heterocycles. The summed E-state index contributed by atoms with van der Waals surface area (Å²) in [4.78, 5) is 25.0. The van der Waals surface area contributed by atoms with E-state index in [0.29, 0.717) is 6.54 Å². The van der Waals surface area contributed by atoms with E-state index in [1.165, 1.54) is 0 Å². The molecule has 0 saturated carbocycles. The van der Waals surface area contributed by atoms with E-state index in [9.17, 15) is 9.59 Å². The Kier molecular flexibility index (Phi) is 2.19. The van der Waals surface area contributed by atoms with Crippen molar-refractivity contribution in [3.8, 4) is 0 Å². The molecule has 0 aromatic heterocycles. The lowest BCUT2D eigenvalue weighted by atomic mass is 10.2. The number of amides is 2. The van der Waals surface area contributed by atoms with E-state index < -0.39 is 0 Å². The van der Waals surface area contributed by atoms with Gasteiger partial charge < -0.3 is 9.38 Å². The smallest absolute Gasteiger partial charge is 0.214 e. The summed E-state index contributed by atoms with van der Waals surface area (Å²) in [6, 6.07) is 0. The second-order valence-corrected chi connectivity index (χ2v) is 4.35. The van der Waals surface area contributed by atoms with Crippen molar-refractivity contribution < 1.29 is 14.1 Å². The Bertz CT molecular complexity index is 258. The molecule has 14 heavy (non-hydrogen) atoms. The standard InChI is InChI=1S/C9H16N3O2/c1-12-4-2-10(7-13)6-9(12)11(8-14)3-5-12/h7-9H,2-6H2,1H3/q+1. The van der Waals surface area contributed by atoms with Crippen LogP contribution in [0.15, 0.2) is 0 Å². The molecule has 0 aliphatic carbocycles. The van der Waals surface area contributed by atoms with Crippen LogP contribution in [0.1, 0.15) is 0 Å². The van der Waals surface area contributed by atoms with Crippen molar-refractivity contribution >= 4 is 12.8 Å². The Morgan fingerprint density at radius 3 is 2.57 bits per heavy atom. The van der Waals surface area contributed by atoms with E-state index in [-0.39, 0.29) is 6.17 Å². The Labute approximate surface area is 83.5 Å². The predicted octanol–water partition coefficient (Wildman–Crippen LogP) is -1.30. The highest BCUT2D eigenvalue weighted by Gasteiger charge is 2.46. The normalized spacial score (nSPS) is 36.8. The van der Waals surface area contributed by atoms with Gasteiger partial charge in [0.05, 0.1) is 39.8 Å². The van der Waals surface area contributed by atoms with Crippen molar-refractivity contribution in [2.75, 3.05) is 39.8 Å². The largest absolute Gasteiger partial charge is 0.332 e. The monoisotopic (exact) mass is 198 g/mol. The Balaban J connectivity index is 2.15. The third-order valence-corrected chi connectivity index (χ3v) is 3.55. The molecule has 5 nitrogen and oxygen atoms in total. The van der Waals surface area contributed by atoms with Crippen LogP contribution in [0.3, 0.4) is 0 Å². The van der Waals surface area contributed by atoms with Gasteiger partial charge in [-0.1, -0.05) is 0 Å². The van der Waals surface area contributed by atoms with Crippen molar-refractivity contribution in [3.63, 3.8) is 0 Å². The average molecular weight is 198 g/mol. The van der Waals surface area contributed by atoms with Crippen LogP contribution in [-0.2, 0) is 9.59 Å². The highest BCUT2D eigenvalue weighted by Crippen LogP contribution is 2.24. The molecule has 5 heteroatoms. The number of carbonyl (C=O) groups excluding carboxylic acids is 2. The van der Waals surface area contributed by atoms with Crippen LogP contribution in [0.4, 0.5) is 0 Å². The number of piperazine rings is 1. The van der Waals surface area contributed by atoms with Gasteiger partial charge in [-0.05, 0) is 0 Å². The molecule has 0 N–H and O–H groups in total. The number of likely N-dealkylation sites (N-methyl/N-ethyl adjacent to an activating group) is 1. The maximum absolute atomic E-state index is 10.8. The minimum absolute atomic E-state index is 0.173. The van der Waals surface area contributed by atoms with Crippen molar-refractivity contribution in [3.05, 3.63) is 0 Å². The quantitative estimate of drug-likeness (QED) is 0.409. The van der Waals surface area contributed by atoms with Gasteiger partial charge in [-0.25, -0.2) is 0 Å². The molecular formula is C9H16N3O2+.